The van der Waals surface area contributed by atoms with Crippen LogP contribution in [0.3, 0.4) is 0 Å². The van der Waals surface area contributed by atoms with Crippen LogP contribution < -0.4 is 10.6 Å². The van der Waals surface area contributed by atoms with Gasteiger partial charge in [0.1, 0.15) is 5.69 Å². The summed E-state index contributed by atoms with van der Waals surface area (Å²) in [6.07, 6.45) is 3.00. The van der Waals surface area contributed by atoms with Crippen molar-refractivity contribution in [2.24, 2.45) is 0 Å². The molecule has 0 unspecified atom stereocenters. The zero-order chi connectivity index (χ0) is 19.6. The first-order valence-corrected chi connectivity index (χ1v) is 10.3. The first-order chi connectivity index (χ1) is 12.7. The van der Waals surface area contributed by atoms with Crippen molar-refractivity contribution in [3.63, 3.8) is 0 Å². The zero-order valence-corrected chi connectivity index (χ0v) is 15.5. The summed E-state index contributed by atoms with van der Waals surface area (Å²) in [6.45, 7) is 0.276. The molecular formula is C18H19N3O5S. The molecule has 1 saturated carbocycles. The molecule has 27 heavy (non-hydrogen) atoms. The van der Waals surface area contributed by atoms with Crippen molar-refractivity contribution in [2.75, 3.05) is 11.6 Å². The monoisotopic (exact) mass is 389 g/mol. The number of anilines is 1. The van der Waals surface area contributed by atoms with Crippen LogP contribution in [0.4, 0.5) is 11.4 Å². The summed E-state index contributed by atoms with van der Waals surface area (Å²) in [7, 11) is -3.27. The van der Waals surface area contributed by atoms with Crippen LogP contribution in [0.5, 0.6) is 0 Å². The van der Waals surface area contributed by atoms with Gasteiger partial charge < -0.3 is 10.6 Å². The van der Waals surface area contributed by atoms with Crippen LogP contribution in [-0.2, 0) is 16.4 Å². The van der Waals surface area contributed by atoms with E-state index in [9.17, 15) is 23.3 Å². The summed E-state index contributed by atoms with van der Waals surface area (Å²) in [4.78, 5) is 23.1. The van der Waals surface area contributed by atoms with Crippen LogP contribution in [0.2, 0.25) is 0 Å². The fourth-order valence-corrected chi connectivity index (χ4v) is 3.15. The molecule has 0 heterocycles. The molecule has 2 aromatic carbocycles. The highest BCUT2D eigenvalue weighted by Gasteiger charge is 2.25. The van der Waals surface area contributed by atoms with E-state index >= 15 is 0 Å². The average molecular weight is 389 g/mol. The second-order valence-corrected chi connectivity index (χ2v) is 8.52. The van der Waals surface area contributed by atoms with Gasteiger partial charge in [0.2, 0.25) is 0 Å². The van der Waals surface area contributed by atoms with E-state index in [4.69, 9.17) is 0 Å². The fourth-order valence-electron chi connectivity index (χ4n) is 2.52. The van der Waals surface area contributed by atoms with E-state index in [0.717, 1.165) is 24.7 Å². The summed E-state index contributed by atoms with van der Waals surface area (Å²) in [5.41, 5.74) is 1.12. The molecule has 0 aliphatic heterocycles. The Morgan fingerprint density at radius 1 is 1.19 bits per heavy atom. The Kier molecular flexibility index (Phi) is 5.13. The molecule has 1 amide bonds. The molecule has 0 bridgehead atoms. The molecule has 142 valence electrons. The average Bonchev–Trinajstić information content (AvgIpc) is 3.43. The Balaban J connectivity index is 1.73. The molecule has 9 heteroatoms. The lowest BCUT2D eigenvalue weighted by molar-refractivity contribution is -0.384. The van der Waals surface area contributed by atoms with E-state index in [1.807, 2.05) is 0 Å². The van der Waals surface area contributed by atoms with E-state index in [1.54, 1.807) is 18.2 Å². The number of hydrogen-bond acceptors (Lipinski definition) is 6. The molecule has 1 fully saturated rings. The highest BCUT2D eigenvalue weighted by molar-refractivity contribution is 7.90. The molecule has 8 nitrogen and oxygen atoms in total. The Morgan fingerprint density at radius 3 is 2.41 bits per heavy atom. The van der Waals surface area contributed by atoms with E-state index in [2.05, 4.69) is 10.6 Å². The lowest BCUT2D eigenvalue weighted by atomic mass is 10.1. The molecule has 1 aliphatic carbocycles. The summed E-state index contributed by atoms with van der Waals surface area (Å²) in [6, 6.07) is 10.7. The second-order valence-electron chi connectivity index (χ2n) is 6.51. The maximum absolute atomic E-state index is 12.1. The van der Waals surface area contributed by atoms with Crippen molar-refractivity contribution >= 4 is 27.1 Å². The SMILES string of the molecule is CS(=O)(=O)c1ccc(CNc2ccc(C(=O)NC3CC3)cc2[N+](=O)[O-])cc1. The Labute approximate surface area is 156 Å². The summed E-state index contributed by atoms with van der Waals surface area (Å²) in [5.74, 6) is -0.316. The zero-order valence-electron chi connectivity index (χ0n) is 14.6. The third-order valence-electron chi connectivity index (χ3n) is 4.20. The normalized spacial score (nSPS) is 13.8. The smallest absolute Gasteiger partial charge is 0.293 e. The third kappa shape index (κ3) is 4.82. The van der Waals surface area contributed by atoms with Crippen molar-refractivity contribution in [3.8, 4) is 0 Å². The molecule has 0 radical (unpaired) electrons. The molecule has 3 rings (SSSR count). The number of nitrogens with zero attached hydrogens (tertiary/aromatic N) is 1. The van der Waals surface area contributed by atoms with Gasteiger partial charge in [-0.25, -0.2) is 8.42 Å². The summed E-state index contributed by atoms with van der Waals surface area (Å²) in [5, 5.41) is 17.1. The number of nitro groups is 1. The van der Waals surface area contributed by atoms with Crippen LogP contribution >= 0.6 is 0 Å². The van der Waals surface area contributed by atoms with Gasteiger partial charge in [0.05, 0.1) is 9.82 Å². The molecule has 0 spiro atoms. The van der Waals surface area contributed by atoms with Gasteiger partial charge in [-0.1, -0.05) is 12.1 Å². The number of carbonyl (C=O) groups is 1. The molecule has 2 N–H and O–H groups in total. The quantitative estimate of drug-likeness (QED) is 0.555. The highest BCUT2D eigenvalue weighted by Crippen LogP contribution is 2.27. The Hall–Kier alpha value is -2.94. The Morgan fingerprint density at radius 2 is 1.85 bits per heavy atom. The fraction of sp³-hybridized carbons (Fsp3) is 0.278. The van der Waals surface area contributed by atoms with Gasteiger partial charge in [-0.3, -0.25) is 14.9 Å². The first-order valence-electron chi connectivity index (χ1n) is 8.36. The minimum absolute atomic E-state index is 0.171. The van der Waals surface area contributed by atoms with Crippen molar-refractivity contribution in [2.45, 2.75) is 30.3 Å². The van der Waals surface area contributed by atoms with Gasteiger partial charge in [-0.15, -0.1) is 0 Å². The molecule has 2 aromatic rings. The van der Waals surface area contributed by atoms with Gasteiger partial charge in [-0.2, -0.15) is 0 Å². The minimum atomic E-state index is -3.27. The number of amides is 1. The Bertz CT molecular complexity index is 983. The standard InChI is InChI=1S/C18H19N3O5S/c1-27(25,26)15-7-2-12(3-8-15)11-19-16-9-4-13(10-17(16)21(23)24)18(22)20-14-5-6-14/h2-4,7-10,14,19H,5-6,11H2,1H3,(H,20,22). The van der Waals surface area contributed by atoms with Crippen LogP contribution in [0.25, 0.3) is 0 Å². The summed E-state index contributed by atoms with van der Waals surface area (Å²) < 4.78 is 23.0. The molecule has 1 aliphatic rings. The maximum Gasteiger partial charge on any atom is 0.293 e. The van der Waals surface area contributed by atoms with Crippen LogP contribution in [0.15, 0.2) is 47.4 Å². The van der Waals surface area contributed by atoms with E-state index < -0.39 is 14.8 Å². The van der Waals surface area contributed by atoms with Gasteiger partial charge in [-0.05, 0) is 42.7 Å². The topological polar surface area (TPSA) is 118 Å². The lowest BCUT2D eigenvalue weighted by Gasteiger charge is -2.10. The number of sulfone groups is 1. The second kappa shape index (κ2) is 7.36. The van der Waals surface area contributed by atoms with Crippen LogP contribution in [-0.4, -0.2) is 31.5 Å². The van der Waals surface area contributed by atoms with Crippen LogP contribution in [0, 0.1) is 10.1 Å². The molecule has 0 atom stereocenters. The van der Waals surface area contributed by atoms with Crippen molar-refractivity contribution < 1.29 is 18.1 Å². The summed E-state index contributed by atoms with van der Waals surface area (Å²) >= 11 is 0. The number of nitro benzene ring substituents is 1. The van der Waals surface area contributed by atoms with Crippen molar-refractivity contribution in [3.05, 3.63) is 63.7 Å². The number of benzene rings is 2. The number of hydrogen-bond donors (Lipinski definition) is 2. The molecule has 0 aromatic heterocycles. The predicted octanol–water partition coefficient (Wildman–Crippen LogP) is 2.50. The van der Waals surface area contributed by atoms with E-state index in [0.29, 0.717) is 0 Å². The van der Waals surface area contributed by atoms with Gasteiger partial charge in [0.15, 0.2) is 9.84 Å². The van der Waals surface area contributed by atoms with Crippen LogP contribution in [0.1, 0.15) is 28.8 Å². The third-order valence-corrected chi connectivity index (χ3v) is 5.33. The predicted molar refractivity (Wildman–Crippen MR) is 100 cm³/mol. The minimum Gasteiger partial charge on any atom is -0.375 e. The van der Waals surface area contributed by atoms with Gasteiger partial charge >= 0.3 is 0 Å². The molecule has 0 saturated heterocycles. The lowest BCUT2D eigenvalue weighted by Crippen LogP contribution is -2.25. The van der Waals surface area contributed by atoms with Crippen molar-refractivity contribution in [1.29, 1.82) is 0 Å². The number of rotatable bonds is 7. The largest absolute Gasteiger partial charge is 0.375 e. The first kappa shape index (κ1) is 18.8. The number of nitrogens with one attached hydrogen (secondary N) is 2. The van der Waals surface area contributed by atoms with E-state index in [1.165, 1.54) is 24.3 Å². The van der Waals surface area contributed by atoms with E-state index in [-0.39, 0.29) is 40.3 Å². The number of carbonyl (C=O) groups excluding carboxylic acids is 1. The maximum atomic E-state index is 12.1. The molecular weight excluding hydrogens is 370 g/mol. The highest BCUT2D eigenvalue weighted by atomic mass is 32.2. The van der Waals surface area contributed by atoms with Crippen molar-refractivity contribution in [1.82, 2.24) is 5.32 Å². The van der Waals surface area contributed by atoms with Gasteiger partial charge in [0.25, 0.3) is 11.6 Å². The van der Waals surface area contributed by atoms with Gasteiger partial charge in [0, 0.05) is 30.5 Å².